The Bertz CT molecular complexity index is 1100. The Labute approximate surface area is 153 Å². The average Bonchev–Trinajstić information content (AvgIpc) is 3.21. The Morgan fingerprint density at radius 2 is 2.00 bits per heavy atom. The summed E-state index contributed by atoms with van der Waals surface area (Å²) < 4.78 is 6.87. The number of aromatic nitrogens is 4. The van der Waals surface area contributed by atoms with E-state index >= 15 is 0 Å². The molecule has 0 aliphatic heterocycles. The van der Waals surface area contributed by atoms with E-state index in [0.29, 0.717) is 21.5 Å². The summed E-state index contributed by atoms with van der Waals surface area (Å²) in [6, 6.07) is 14.9. The molecule has 26 heavy (non-hydrogen) atoms. The average molecular weight is 365 g/mol. The number of ether oxygens (including phenoxy) is 1. The zero-order chi connectivity index (χ0) is 18.1. The molecule has 2 aromatic heterocycles. The number of fused-ring (bicyclic) bond motifs is 1. The fraction of sp³-hybridized carbons (Fsp3) is 0.111. The highest BCUT2D eigenvalue weighted by Crippen LogP contribution is 2.26. The van der Waals surface area contributed by atoms with Crippen molar-refractivity contribution < 1.29 is 9.53 Å². The van der Waals surface area contributed by atoms with E-state index in [4.69, 9.17) is 4.74 Å². The number of carbonyl (C=O) groups is 1. The second kappa shape index (κ2) is 6.57. The highest BCUT2D eigenvalue weighted by molar-refractivity contribution is 7.20. The molecular weight excluding hydrogens is 350 g/mol. The number of methoxy groups -OCH3 is 1. The van der Waals surface area contributed by atoms with Crippen LogP contribution in [0.25, 0.3) is 16.3 Å². The molecular formula is C18H15N5O2S. The van der Waals surface area contributed by atoms with E-state index in [2.05, 4.69) is 20.6 Å². The molecule has 8 heteroatoms. The van der Waals surface area contributed by atoms with Crippen LogP contribution in [0.15, 0.2) is 48.5 Å². The molecule has 0 radical (unpaired) electrons. The standard InChI is InChI=1S/C18H15N5O2S/c1-11-5-3-7-13(9-11)16(24)19-17-22-23-15(20-21-18(23)26-17)12-6-4-8-14(10-12)25-2/h3-10H,1-2H3,(H,19,22,24). The number of amides is 1. The molecule has 4 rings (SSSR count). The van der Waals surface area contributed by atoms with Gasteiger partial charge in [-0.3, -0.25) is 10.1 Å². The summed E-state index contributed by atoms with van der Waals surface area (Å²) in [4.78, 5) is 13.0. The summed E-state index contributed by atoms with van der Waals surface area (Å²) >= 11 is 1.26. The molecule has 1 N–H and O–H groups in total. The summed E-state index contributed by atoms with van der Waals surface area (Å²) in [5.74, 6) is 1.11. The van der Waals surface area contributed by atoms with Crippen molar-refractivity contribution in [3.63, 3.8) is 0 Å². The molecule has 0 saturated heterocycles. The van der Waals surface area contributed by atoms with E-state index in [-0.39, 0.29) is 5.91 Å². The van der Waals surface area contributed by atoms with Crippen LogP contribution in [0.2, 0.25) is 0 Å². The van der Waals surface area contributed by atoms with Crippen LogP contribution in [-0.4, -0.2) is 32.8 Å². The number of nitrogens with one attached hydrogen (secondary N) is 1. The van der Waals surface area contributed by atoms with Crippen molar-refractivity contribution in [2.75, 3.05) is 12.4 Å². The molecule has 130 valence electrons. The van der Waals surface area contributed by atoms with E-state index in [1.165, 1.54) is 11.3 Å². The molecule has 0 fully saturated rings. The van der Waals surface area contributed by atoms with Gasteiger partial charge in [0.05, 0.1) is 7.11 Å². The number of benzene rings is 2. The SMILES string of the molecule is COc1cccc(-c2nnc3sc(NC(=O)c4cccc(C)c4)nn23)c1. The first-order valence-corrected chi connectivity index (χ1v) is 8.70. The molecule has 4 aromatic rings. The summed E-state index contributed by atoms with van der Waals surface area (Å²) in [5, 5.41) is 16.0. The van der Waals surface area contributed by atoms with Gasteiger partial charge in [-0.2, -0.15) is 4.52 Å². The third-order valence-corrected chi connectivity index (χ3v) is 4.63. The van der Waals surface area contributed by atoms with Crippen molar-refractivity contribution >= 4 is 27.3 Å². The Hall–Kier alpha value is -3.26. The first-order valence-electron chi connectivity index (χ1n) is 7.89. The van der Waals surface area contributed by atoms with Crippen molar-refractivity contribution in [2.24, 2.45) is 0 Å². The van der Waals surface area contributed by atoms with E-state index in [0.717, 1.165) is 16.9 Å². The van der Waals surface area contributed by atoms with Crippen molar-refractivity contribution in [2.45, 2.75) is 6.92 Å². The van der Waals surface area contributed by atoms with Crippen molar-refractivity contribution in [3.05, 3.63) is 59.7 Å². The normalized spacial score (nSPS) is 10.8. The Morgan fingerprint density at radius 3 is 2.81 bits per heavy atom. The van der Waals surface area contributed by atoms with Gasteiger partial charge in [0.15, 0.2) is 5.82 Å². The number of carbonyl (C=O) groups excluding carboxylic acids is 1. The second-order valence-corrected chi connectivity index (χ2v) is 6.64. The summed E-state index contributed by atoms with van der Waals surface area (Å²) in [5.41, 5.74) is 2.44. The molecule has 0 bridgehead atoms. The number of rotatable bonds is 4. The highest BCUT2D eigenvalue weighted by atomic mass is 32.1. The van der Waals surface area contributed by atoms with Crippen LogP contribution in [0.5, 0.6) is 5.75 Å². The molecule has 2 aromatic carbocycles. The van der Waals surface area contributed by atoms with Gasteiger partial charge >= 0.3 is 0 Å². The molecule has 1 amide bonds. The van der Waals surface area contributed by atoms with Crippen LogP contribution in [0.3, 0.4) is 0 Å². The van der Waals surface area contributed by atoms with Gasteiger partial charge in [-0.25, -0.2) is 0 Å². The number of hydrogen-bond acceptors (Lipinski definition) is 6. The molecule has 0 spiro atoms. The smallest absolute Gasteiger partial charge is 0.257 e. The van der Waals surface area contributed by atoms with Gasteiger partial charge in [0, 0.05) is 11.1 Å². The monoisotopic (exact) mass is 365 g/mol. The first-order chi connectivity index (χ1) is 12.6. The number of hydrogen-bond donors (Lipinski definition) is 1. The van der Waals surface area contributed by atoms with E-state index in [1.807, 2.05) is 49.4 Å². The maximum absolute atomic E-state index is 12.4. The van der Waals surface area contributed by atoms with Gasteiger partial charge in [-0.1, -0.05) is 41.2 Å². The van der Waals surface area contributed by atoms with Gasteiger partial charge < -0.3 is 4.74 Å². The van der Waals surface area contributed by atoms with Crippen LogP contribution in [0.4, 0.5) is 5.13 Å². The molecule has 2 heterocycles. The van der Waals surface area contributed by atoms with Crippen molar-refractivity contribution in [1.29, 1.82) is 0 Å². The van der Waals surface area contributed by atoms with Gasteiger partial charge in [-0.05, 0) is 31.2 Å². The first kappa shape index (κ1) is 16.2. The maximum Gasteiger partial charge on any atom is 0.257 e. The molecule has 7 nitrogen and oxygen atoms in total. The zero-order valence-electron chi connectivity index (χ0n) is 14.1. The van der Waals surface area contributed by atoms with E-state index < -0.39 is 0 Å². The maximum atomic E-state index is 12.4. The minimum Gasteiger partial charge on any atom is -0.497 e. The number of anilines is 1. The predicted molar refractivity (Wildman–Crippen MR) is 99.8 cm³/mol. The highest BCUT2D eigenvalue weighted by Gasteiger charge is 2.16. The number of aryl methyl sites for hydroxylation is 1. The third-order valence-electron chi connectivity index (χ3n) is 3.82. The van der Waals surface area contributed by atoms with Crippen molar-refractivity contribution in [3.8, 4) is 17.1 Å². The quantitative estimate of drug-likeness (QED) is 0.599. The van der Waals surface area contributed by atoms with Gasteiger partial charge in [-0.15, -0.1) is 15.3 Å². The van der Waals surface area contributed by atoms with Crippen LogP contribution in [-0.2, 0) is 0 Å². The number of nitrogens with zero attached hydrogens (tertiary/aromatic N) is 4. The van der Waals surface area contributed by atoms with Crippen LogP contribution >= 0.6 is 11.3 Å². The lowest BCUT2D eigenvalue weighted by Gasteiger charge is -2.02. The fourth-order valence-electron chi connectivity index (χ4n) is 2.57. The second-order valence-electron chi connectivity index (χ2n) is 5.68. The Morgan fingerprint density at radius 1 is 1.15 bits per heavy atom. The molecule has 0 saturated carbocycles. The van der Waals surface area contributed by atoms with Gasteiger partial charge in [0.25, 0.3) is 5.91 Å². The molecule has 0 atom stereocenters. The largest absolute Gasteiger partial charge is 0.497 e. The fourth-order valence-corrected chi connectivity index (χ4v) is 3.30. The lowest BCUT2D eigenvalue weighted by Crippen LogP contribution is -2.12. The van der Waals surface area contributed by atoms with Crippen LogP contribution in [0, 0.1) is 6.92 Å². The van der Waals surface area contributed by atoms with Crippen LogP contribution < -0.4 is 10.1 Å². The zero-order valence-corrected chi connectivity index (χ0v) is 14.9. The Balaban J connectivity index is 1.64. The lowest BCUT2D eigenvalue weighted by atomic mass is 10.1. The molecule has 0 unspecified atom stereocenters. The third kappa shape index (κ3) is 3.02. The minimum absolute atomic E-state index is 0.207. The molecule has 0 aliphatic carbocycles. The lowest BCUT2D eigenvalue weighted by molar-refractivity contribution is 0.102. The summed E-state index contributed by atoms with van der Waals surface area (Å²) in [6.07, 6.45) is 0. The topological polar surface area (TPSA) is 81.4 Å². The van der Waals surface area contributed by atoms with E-state index in [1.54, 1.807) is 17.7 Å². The molecule has 0 aliphatic rings. The van der Waals surface area contributed by atoms with Gasteiger partial charge in [0.1, 0.15) is 5.75 Å². The van der Waals surface area contributed by atoms with E-state index in [9.17, 15) is 4.79 Å². The van der Waals surface area contributed by atoms with Gasteiger partial charge in [0.2, 0.25) is 10.1 Å². The minimum atomic E-state index is -0.207. The summed E-state index contributed by atoms with van der Waals surface area (Å²) in [7, 11) is 1.61. The van der Waals surface area contributed by atoms with Crippen LogP contribution in [0.1, 0.15) is 15.9 Å². The summed E-state index contributed by atoms with van der Waals surface area (Å²) in [6.45, 7) is 1.94. The Kier molecular flexibility index (Phi) is 4.10. The predicted octanol–water partition coefficient (Wildman–Crippen LogP) is 3.42. The van der Waals surface area contributed by atoms with Crippen molar-refractivity contribution in [1.82, 2.24) is 19.8 Å².